The van der Waals surface area contributed by atoms with Crippen molar-refractivity contribution in [2.24, 2.45) is 0 Å². The molecule has 1 rings (SSSR count). The Morgan fingerprint density at radius 2 is 2.40 bits per heavy atom. The van der Waals surface area contributed by atoms with Gasteiger partial charge in [0.15, 0.2) is 0 Å². The molecule has 0 saturated carbocycles. The van der Waals surface area contributed by atoms with Gasteiger partial charge in [0.1, 0.15) is 4.32 Å². The Hall–Kier alpha value is -0.690. The number of thiocarbonyl (C=S) groups is 1. The second-order valence-electron chi connectivity index (χ2n) is 2.87. The average Bonchev–Trinajstić information content (AvgIpc) is 2.20. The van der Waals surface area contributed by atoms with Gasteiger partial charge >= 0.3 is 0 Å². The molecular formula is C11H10ClNS2. The van der Waals surface area contributed by atoms with Crippen LogP contribution in [0.25, 0.3) is 0 Å². The second-order valence-corrected chi connectivity index (χ2v) is 4.93. The van der Waals surface area contributed by atoms with Crippen LogP contribution in [0.5, 0.6) is 0 Å². The summed E-state index contributed by atoms with van der Waals surface area (Å²) in [4.78, 5) is 0. The van der Waals surface area contributed by atoms with Gasteiger partial charge in [0, 0.05) is 10.7 Å². The lowest BCUT2D eigenvalue weighted by Gasteiger charge is -2.07. The van der Waals surface area contributed by atoms with Gasteiger partial charge in [-0.25, -0.2) is 0 Å². The number of hydrogen-bond donors (Lipinski definition) is 1. The van der Waals surface area contributed by atoms with Gasteiger partial charge in [-0.05, 0) is 24.6 Å². The third kappa shape index (κ3) is 4.13. The van der Waals surface area contributed by atoms with Crippen LogP contribution in [0, 0.1) is 19.3 Å². The lowest BCUT2D eigenvalue weighted by atomic mass is 10.2. The molecule has 1 aromatic rings. The fourth-order valence-corrected chi connectivity index (χ4v) is 1.81. The van der Waals surface area contributed by atoms with Gasteiger partial charge in [-0.1, -0.05) is 47.6 Å². The van der Waals surface area contributed by atoms with Gasteiger partial charge < -0.3 is 5.32 Å². The maximum Gasteiger partial charge on any atom is 0.139 e. The molecule has 0 heterocycles. The van der Waals surface area contributed by atoms with Gasteiger partial charge in [-0.15, -0.1) is 6.42 Å². The van der Waals surface area contributed by atoms with Crippen LogP contribution in [-0.4, -0.2) is 10.1 Å². The summed E-state index contributed by atoms with van der Waals surface area (Å²) in [6, 6.07) is 5.72. The molecular weight excluding hydrogens is 246 g/mol. The first kappa shape index (κ1) is 12.4. The van der Waals surface area contributed by atoms with E-state index in [1.54, 1.807) is 0 Å². The predicted molar refractivity (Wildman–Crippen MR) is 73.7 cm³/mol. The molecule has 0 unspecified atom stereocenters. The van der Waals surface area contributed by atoms with Crippen LogP contribution >= 0.6 is 35.6 Å². The summed E-state index contributed by atoms with van der Waals surface area (Å²) in [5, 5.41) is 3.79. The zero-order valence-electron chi connectivity index (χ0n) is 8.21. The number of nitrogens with one attached hydrogen (secondary N) is 1. The minimum Gasteiger partial charge on any atom is -0.341 e. The molecule has 0 saturated heterocycles. The molecule has 0 radical (unpaired) electrons. The fraction of sp³-hybridized carbons (Fsp3) is 0.182. The summed E-state index contributed by atoms with van der Waals surface area (Å²) in [6.07, 6.45) is 5.13. The molecule has 0 spiro atoms. The Morgan fingerprint density at radius 3 is 3.00 bits per heavy atom. The third-order valence-electron chi connectivity index (χ3n) is 1.70. The number of aryl methyl sites for hydroxylation is 1. The summed E-state index contributed by atoms with van der Waals surface area (Å²) in [5.74, 6) is 3.09. The number of anilines is 1. The number of terminal acetylenes is 1. The minimum absolute atomic E-state index is 0.575. The van der Waals surface area contributed by atoms with Crippen LogP contribution in [-0.2, 0) is 0 Å². The predicted octanol–water partition coefficient (Wildman–Crippen LogP) is 3.71. The quantitative estimate of drug-likeness (QED) is 0.639. The van der Waals surface area contributed by atoms with Gasteiger partial charge in [0.05, 0.1) is 5.75 Å². The summed E-state index contributed by atoms with van der Waals surface area (Å²) < 4.78 is 0.660. The van der Waals surface area contributed by atoms with Crippen molar-refractivity contribution < 1.29 is 0 Å². The maximum absolute atomic E-state index is 5.98. The van der Waals surface area contributed by atoms with Crippen molar-refractivity contribution in [2.45, 2.75) is 6.92 Å². The smallest absolute Gasteiger partial charge is 0.139 e. The van der Waals surface area contributed by atoms with Crippen molar-refractivity contribution in [3.8, 4) is 12.3 Å². The number of rotatable bonds is 2. The van der Waals surface area contributed by atoms with E-state index in [1.807, 2.05) is 25.1 Å². The monoisotopic (exact) mass is 255 g/mol. The minimum atomic E-state index is 0.575. The standard InChI is InChI=1S/C11H10ClNS2/c1-3-6-15-11(14)13-9-5-4-8(2)10(12)7-9/h1,4-5,7H,6H2,2H3,(H,13,14). The SMILES string of the molecule is C#CCSC(=S)Nc1ccc(C)c(Cl)c1. The first-order valence-corrected chi connectivity index (χ1v) is 6.04. The first-order chi connectivity index (χ1) is 7.13. The molecule has 78 valence electrons. The molecule has 0 fully saturated rings. The van der Waals surface area contributed by atoms with E-state index in [9.17, 15) is 0 Å². The molecule has 15 heavy (non-hydrogen) atoms. The van der Waals surface area contributed by atoms with Crippen molar-refractivity contribution in [2.75, 3.05) is 11.1 Å². The van der Waals surface area contributed by atoms with E-state index in [0.717, 1.165) is 16.3 Å². The normalized spacial score (nSPS) is 9.40. The lowest BCUT2D eigenvalue weighted by Crippen LogP contribution is -2.04. The van der Waals surface area contributed by atoms with E-state index in [1.165, 1.54) is 11.8 Å². The summed E-state index contributed by atoms with van der Waals surface area (Å²) >= 11 is 12.5. The largest absolute Gasteiger partial charge is 0.341 e. The van der Waals surface area contributed by atoms with Crippen molar-refractivity contribution in [1.29, 1.82) is 0 Å². The van der Waals surface area contributed by atoms with Crippen LogP contribution in [0.1, 0.15) is 5.56 Å². The zero-order chi connectivity index (χ0) is 11.3. The highest BCUT2D eigenvalue weighted by Crippen LogP contribution is 2.21. The molecule has 4 heteroatoms. The van der Waals surface area contributed by atoms with Crippen molar-refractivity contribution in [3.63, 3.8) is 0 Å². The van der Waals surface area contributed by atoms with E-state index in [4.69, 9.17) is 30.2 Å². The number of hydrogen-bond acceptors (Lipinski definition) is 2. The Kier molecular flexibility index (Phi) is 4.97. The van der Waals surface area contributed by atoms with Gasteiger partial charge in [0.2, 0.25) is 0 Å². The Bertz CT molecular complexity index is 410. The molecule has 0 bridgehead atoms. The van der Waals surface area contributed by atoms with E-state index in [0.29, 0.717) is 10.1 Å². The average molecular weight is 256 g/mol. The summed E-state index contributed by atoms with van der Waals surface area (Å²) in [7, 11) is 0. The molecule has 0 aliphatic heterocycles. The molecule has 0 aliphatic rings. The number of benzene rings is 1. The van der Waals surface area contributed by atoms with E-state index in [2.05, 4.69) is 11.2 Å². The van der Waals surface area contributed by atoms with Gasteiger partial charge in [-0.3, -0.25) is 0 Å². The number of thioether (sulfide) groups is 1. The highest BCUT2D eigenvalue weighted by Gasteiger charge is 2.00. The molecule has 0 aromatic heterocycles. The van der Waals surface area contributed by atoms with E-state index in [-0.39, 0.29) is 0 Å². The zero-order valence-corrected chi connectivity index (χ0v) is 10.6. The van der Waals surface area contributed by atoms with E-state index < -0.39 is 0 Å². The highest BCUT2D eigenvalue weighted by molar-refractivity contribution is 8.23. The first-order valence-electron chi connectivity index (χ1n) is 4.27. The number of halogens is 1. The summed E-state index contributed by atoms with van der Waals surface area (Å²) in [5.41, 5.74) is 1.93. The van der Waals surface area contributed by atoms with E-state index >= 15 is 0 Å². The van der Waals surface area contributed by atoms with Crippen LogP contribution in [0.4, 0.5) is 5.69 Å². The molecule has 1 N–H and O–H groups in total. The van der Waals surface area contributed by atoms with Crippen molar-refractivity contribution in [1.82, 2.24) is 0 Å². The molecule has 0 amide bonds. The van der Waals surface area contributed by atoms with Crippen molar-refractivity contribution in [3.05, 3.63) is 28.8 Å². The van der Waals surface area contributed by atoms with Crippen LogP contribution in [0.15, 0.2) is 18.2 Å². The Morgan fingerprint density at radius 1 is 1.67 bits per heavy atom. The molecule has 1 nitrogen and oxygen atoms in total. The van der Waals surface area contributed by atoms with Crippen molar-refractivity contribution >= 4 is 45.6 Å². The van der Waals surface area contributed by atoms with Crippen LogP contribution in [0.2, 0.25) is 5.02 Å². The second kappa shape index (κ2) is 6.02. The highest BCUT2D eigenvalue weighted by atomic mass is 35.5. The Labute approximate surface area is 105 Å². The molecule has 1 aromatic carbocycles. The van der Waals surface area contributed by atoms with Crippen LogP contribution < -0.4 is 5.32 Å². The van der Waals surface area contributed by atoms with Gasteiger partial charge in [0.25, 0.3) is 0 Å². The third-order valence-corrected chi connectivity index (χ3v) is 3.24. The lowest BCUT2D eigenvalue weighted by molar-refractivity contribution is 1.47. The summed E-state index contributed by atoms with van der Waals surface area (Å²) in [6.45, 7) is 1.96. The topological polar surface area (TPSA) is 12.0 Å². The molecule has 0 atom stereocenters. The Balaban J connectivity index is 2.62. The van der Waals surface area contributed by atoms with Gasteiger partial charge in [-0.2, -0.15) is 0 Å². The fourth-order valence-electron chi connectivity index (χ4n) is 0.932. The molecule has 0 aliphatic carbocycles. The maximum atomic E-state index is 5.98. The van der Waals surface area contributed by atoms with Crippen LogP contribution in [0.3, 0.4) is 0 Å².